The quantitative estimate of drug-likeness (QED) is 0.472. The molecule has 0 saturated carbocycles. The molecule has 0 heterocycles. The number of halogens is 2. The number of hydrogen-bond donors (Lipinski definition) is 3. The van der Waals surface area contributed by atoms with Crippen LogP contribution in [0.25, 0.3) is 0 Å². The molecule has 1 rings (SSSR count). The Kier molecular flexibility index (Phi) is 8.77. The largest absolute Gasteiger partial charge is 0.497 e. The highest BCUT2D eigenvalue weighted by atomic mass is 19.3. The van der Waals surface area contributed by atoms with E-state index in [0.717, 1.165) is 0 Å². The van der Waals surface area contributed by atoms with Crippen molar-refractivity contribution >= 4 is 11.9 Å². The van der Waals surface area contributed by atoms with Crippen LogP contribution in [0.15, 0.2) is 23.2 Å². The van der Waals surface area contributed by atoms with Gasteiger partial charge in [0.1, 0.15) is 11.5 Å². The summed E-state index contributed by atoms with van der Waals surface area (Å²) in [4.78, 5) is 16.3. The van der Waals surface area contributed by atoms with Gasteiger partial charge in [0.25, 0.3) is 0 Å². The molecule has 0 unspecified atom stereocenters. The molecule has 0 spiro atoms. The molecule has 0 radical (unpaired) electrons. The molecule has 0 atom stereocenters. The second-order valence-corrected chi connectivity index (χ2v) is 6.70. The number of hydrogen-bond acceptors (Lipinski definition) is 4. The Morgan fingerprint density at radius 1 is 1.26 bits per heavy atom. The summed E-state index contributed by atoms with van der Waals surface area (Å²) in [7, 11) is 1.48. The molecule has 0 bridgehead atoms. The van der Waals surface area contributed by atoms with Gasteiger partial charge < -0.3 is 25.4 Å². The van der Waals surface area contributed by atoms with E-state index in [1.54, 1.807) is 6.07 Å². The number of methoxy groups -OCH3 is 1. The van der Waals surface area contributed by atoms with Crippen molar-refractivity contribution in [3.63, 3.8) is 0 Å². The first kappa shape index (κ1) is 22.5. The number of carbonyl (C=O) groups is 1. The lowest BCUT2D eigenvalue weighted by Gasteiger charge is -2.21. The average molecular weight is 386 g/mol. The van der Waals surface area contributed by atoms with E-state index < -0.39 is 6.61 Å². The highest BCUT2D eigenvalue weighted by molar-refractivity contribution is 5.86. The second kappa shape index (κ2) is 10.5. The summed E-state index contributed by atoms with van der Waals surface area (Å²) < 4.78 is 34.8. The van der Waals surface area contributed by atoms with Crippen molar-refractivity contribution in [1.82, 2.24) is 16.0 Å². The number of ether oxygens (including phenoxy) is 2. The van der Waals surface area contributed by atoms with Gasteiger partial charge in [0, 0.05) is 17.6 Å². The van der Waals surface area contributed by atoms with Crippen LogP contribution in [0.2, 0.25) is 0 Å². The lowest BCUT2D eigenvalue weighted by atomic mass is 10.1. The molecule has 0 aliphatic rings. The zero-order valence-electron chi connectivity index (χ0n) is 16.4. The normalized spacial score (nSPS) is 11.9. The first-order valence-electron chi connectivity index (χ1n) is 8.59. The van der Waals surface area contributed by atoms with Crippen LogP contribution in [0.3, 0.4) is 0 Å². The van der Waals surface area contributed by atoms with Gasteiger partial charge >= 0.3 is 6.61 Å². The molecular weight excluding hydrogens is 358 g/mol. The smallest absolute Gasteiger partial charge is 0.387 e. The van der Waals surface area contributed by atoms with Crippen molar-refractivity contribution in [2.75, 3.05) is 20.2 Å². The van der Waals surface area contributed by atoms with Crippen molar-refractivity contribution in [2.45, 2.75) is 46.4 Å². The fraction of sp³-hybridized carbons (Fsp3) is 0.556. The molecule has 3 N–H and O–H groups in total. The molecule has 0 aliphatic carbocycles. The molecule has 152 valence electrons. The third-order valence-electron chi connectivity index (χ3n) is 3.17. The van der Waals surface area contributed by atoms with Crippen molar-refractivity contribution < 1.29 is 23.0 Å². The summed E-state index contributed by atoms with van der Waals surface area (Å²) in [5.41, 5.74) is 0.0992. The van der Waals surface area contributed by atoms with Gasteiger partial charge in [-0.05, 0) is 45.9 Å². The van der Waals surface area contributed by atoms with Crippen LogP contribution in [-0.4, -0.2) is 44.2 Å². The van der Waals surface area contributed by atoms with E-state index >= 15 is 0 Å². The number of benzene rings is 1. The standard InChI is InChI=1S/C18H28F2N4O3/c1-6-21-17(23-11-15(25)24-18(2,3)4)22-10-12-9-13(26-5)7-8-14(12)27-16(19)20/h7-9,16H,6,10-11H2,1-5H3,(H,24,25)(H2,21,22,23). The molecule has 0 aromatic heterocycles. The predicted molar refractivity (Wildman–Crippen MR) is 100 cm³/mol. The van der Waals surface area contributed by atoms with Gasteiger partial charge in [-0.15, -0.1) is 0 Å². The number of nitrogens with zero attached hydrogens (tertiary/aromatic N) is 1. The highest BCUT2D eigenvalue weighted by Gasteiger charge is 2.14. The molecule has 9 heteroatoms. The van der Waals surface area contributed by atoms with Gasteiger partial charge in [-0.3, -0.25) is 4.79 Å². The second-order valence-electron chi connectivity index (χ2n) is 6.70. The van der Waals surface area contributed by atoms with Crippen molar-refractivity contribution in [2.24, 2.45) is 4.99 Å². The Morgan fingerprint density at radius 3 is 2.52 bits per heavy atom. The lowest BCUT2D eigenvalue weighted by Crippen LogP contribution is -2.48. The van der Waals surface area contributed by atoms with Gasteiger partial charge in [0.15, 0.2) is 5.96 Å². The van der Waals surface area contributed by atoms with Crippen molar-refractivity contribution in [3.05, 3.63) is 23.8 Å². The minimum Gasteiger partial charge on any atom is -0.497 e. The number of guanidine groups is 1. The first-order chi connectivity index (χ1) is 12.6. The van der Waals surface area contributed by atoms with E-state index in [1.807, 2.05) is 27.7 Å². The minimum atomic E-state index is -2.94. The molecule has 0 fully saturated rings. The van der Waals surface area contributed by atoms with E-state index in [9.17, 15) is 13.6 Å². The maximum Gasteiger partial charge on any atom is 0.387 e. The third kappa shape index (κ3) is 9.07. The van der Waals surface area contributed by atoms with E-state index in [1.165, 1.54) is 19.2 Å². The van der Waals surface area contributed by atoms with Crippen LogP contribution in [-0.2, 0) is 11.3 Å². The number of nitrogens with one attached hydrogen (secondary N) is 3. The summed E-state index contributed by atoms with van der Waals surface area (Å²) in [6.45, 7) is 5.27. The van der Waals surface area contributed by atoms with Gasteiger partial charge in [-0.2, -0.15) is 8.78 Å². The number of aliphatic imine (C=N–C) groups is 1. The van der Waals surface area contributed by atoms with Crippen LogP contribution < -0.4 is 25.4 Å². The Bertz CT molecular complexity index is 646. The third-order valence-corrected chi connectivity index (χ3v) is 3.17. The molecule has 1 aromatic carbocycles. The first-order valence-corrected chi connectivity index (χ1v) is 8.59. The van der Waals surface area contributed by atoms with Gasteiger partial charge in [-0.1, -0.05) is 0 Å². The maximum absolute atomic E-state index is 12.6. The van der Waals surface area contributed by atoms with Crippen LogP contribution in [0.4, 0.5) is 8.78 Å². The van der Waals surface area contributed by atoms with E-state index in [2.05, 4.69) is 25.7 Å². The molecular formula is C18H28F2N4O3. The summed E-state index contributed by atoms with van der Waals surface area (Å²) in [5, 5.41) is 8.74. The Balaban J connectivity index is 2.86. The highest BCUT2D eigenvalue weighted by Crippen LogP contribution is 2.26. The van der Waals surface area contributed by atoms with Crippen LogP contribution in [0, 0.1) is 0 Å². The minimum absolute atomic E-state index is 0.0240. The molecule has 0 saturated heterocycles. The summed E-state index contributed by atoms with van der Waals surface area (Å²) in [5.74, 6) is 0.726. The van der Waals surface area contributed by atoms with E-state index in [4.69, 9.17) is 4.74 Å². The molecule has 1 aromatic rings. The average Bonchev–Trinajstić information content (AvgIpc) is 2.56. The van der Waals surface area contributed by atoms with E-state index in [0.29, 0.717) is 23.8 Å². The van der Waals surface area contributed by atoms with Gasteiger partial charge in [-0.25, -0.2) is 4.99 Å². The van der Waals surface area contributed by atoms with Crippen LogP contribution >= 0.6 is 0 Å². The Morgan fingerprint density at radius 2 is 1.96 bits per heavy atom. The zero-order chi connectivity index (χ0) is 20.4. The van der Waals surface area contributed by atoms with Crippen LogP contribution in [0.5, 0.6) is 11.5 Å². The summed E-state index contributed by atoms with van der Waals surface area (Å²) in [6, 6.07) is 4.52. The summed E-state index contributed by atoms with van der Waals surface area (Å²) in [6.07, 6.45) is 0. The molecule has 0 aliphatic heterocycles. The van der Waals surface area contributed by atoms with Crippen LogP contribution in [0.1, 0.15) is 33.3 Å². The maximum atomic E-state index is 12.6. The monoisotopic (exact) mass is 386 g/mol. The Hall–Kier alpha value is -2.58. The van der Waals surface area contributed by atoms with E-state index in [-0.39, 0.29) is 30.3 Å². The fourth-order valence-corrected chi connectivity index (χ4v) is 2.15. The number of amides is 1. The number of rotatable bonds is 8. The van der Waals surface area contributed by atoms with Gasteiger partial charge in [0.2, 0.25) is 5.91 Å². The SMILES string of the molecule is CCNC(=NCc1cc(OC)ccc1OC(F)F)NCC(=O)NC(C)(C)C. The number of carbonyl (C=O) groups excluding carboxylic acids is 1. The predicted octanol–water partition coefficient (Wildman–Crippen LogP) is 2.27. The van der Waals surface area contributed by atoms with Crippen molar-refractivity contribution in [3.8, 4) is 11.5 Å². The lowest BCUT2D eigenvalue weighted by molar-refractivity contribution is -0.121. The molecule has 7 nitrogen and oxygen atoms in total. The number of alkyl halides is 2. The molecule has 27 heavy (non-hydrogen) atoms. The Labute approximate surface area is 158 Å². The summed E-state index contributed by atoms with van der Waals surface area (Å²) >= 11 is 0. The zero-order valence-corrected chi connectivity index (χ0v) is 16.4. The topological polar surface area (TPSA) is 84.0 Å². The molecule has 1 amide bonds. The fourth-order valence-electron chi connectivity index (χ4n) is 2.15. The van der Waals surface area contributed by atoms with Gasteiger partial charge in [0.05, 0.1) is 20.2 Å². The van der Waals surface area contributed by atoms with Crippen molar-refractivity contribution in [1.29, 1.82) is 0 Å².